The third-order valence-electron chi connectivity index (χ3n) is 3.27. The van der Waals surface area contributed by atoms with Crippen LogP contribution in [-0.4, -0.2) is 27.8 Å². The van der Waals surface area contributed by atoms with Crippen molar-refractivity contribution in [2.24, 2.45) is 0 Å². The second-order valence-electron chi connectivity index (χ2n) is 4.90. The van der Waals surface area contributed by atoms with Crippen molar-refractivity contribution in [1.29, 1.82) is 0 Å². The summed E-state index contributed by atoms with van der Waals surface area (Å²) in [7, 11) is 1.57. The maximum Gasteiger partial charge on any atom is 0.258 e. The Kier molecular flexibility index (Phi) is 4.39. The van der Waals surface area contributed by atoms with Crippen LogP contribution in [0.5, 0.6) is 5.75 Å². The van der Waals surface area contributed by atoms with Crippen molar-refractivity contribution >= 4 is 22.4 Å². The molecule has 0 saturated carbocycles. The predicted octanol–water partition coefficient (Wildman–Crippen LogP) is 2.26. The van der Waals surface area contributed by atoms with E-state index in [2.05, 4.69) is 15.5 Å². The fraction of sp³-hybridized carbons (Fsp3) is 0.125. The van der Waals surface area contributed by atoms with Gasteiger partial charge in [-0.2, -0.15) is 0 Å². The van der Waals surface area contributed by atoms with Crippen LogP contribution in [0, 0.1) is 6.92 Å². The number of aromatic nitrogens is 3. The second kappa shape index (κ2) is 6.63. The van der Waals surface area contributed by atoms with Crippen LogP contribution in [0.1, 0.15) is 15.4 Å². The number of pyridine rings is 1. The van der Waals surface area contributed by atoms with E-state index in [0.717, 1.165) is 5.01 Å². The Morgan fingerprint density at radius 1 is 1.17 bits per heavy atom. The molecule has 0 aliphatic heterocycles. The van der Waals surface area contributed by atoms with Gasteiger partial charge in [-0.1, -0.05) is 11.3 Å². The second-order valence-corrected chi connectivity index (χ2v) is 6.09. The molecule has 0 atom stereocenters. The molecule has 0 aliphatic carbocycles. The molecular formula is C16H14N4O3S. The first-order chi connectivity index (χ1) is 11.6. The SMILES string of the molecule is COc1ccc(-n2cc(C(=O)Nc3nnc(C)s3)ccc2=O)cc1. The first-order valence-corrected chi connectivity index (χ1v) is 7.87. The summed E-state index contributed by atoms with van der Waals surface area (Å²) in [5.74, 6) is 0.334. The lowest BCUT2D eigenvalue weighted by atomic mass is 10.2. The molecule has 2 heterocycles. The van der Waals surface area contributed by atoms with Gasteiger partial charge in [-0.05, 0) is 37.3 Å². The maximum atomic E-state index is 12.3. The quantitative estimate of drug-likeness (QED) is 0.786. The molecule has 0 spiro atoms. The highest BCUT2D eigenvalue weighted by Crippen LogP contribution is 2.16. The van der Waals surface area contributed by atoms with Crippen LogP contribution in [0.4, 0.5) is 5.13 Å². The Morgan fingerprint density at radius 2 is 1.92 bits per heavy atom. The van der Waals surface area contributed by atoms with Gasteiger partial charge in [0, 0.05) is 18.0 Å². The van der Waals surface area contributed by atoms with E-state index >= 15 is 0 Å². The lowest BCUT2D eigenvalue weighted by Crippen LogP contribution is -2.20. The van der Waals surface area contributed by atoms with Gasteiger partial charge in [0.1, 0.15) is 10.8 Å². The average Bonchev–Trinajstić information content (AvgIpc) is 3.00. The number of nitrogens with zero attached hydrogens (tertiary/aromatic N) is 3. The van der Waals surface area contributed by atoms with Crippen molar-refractivity contribution in [3.05, 3.63) is 63.5 Å². The molecular weight excluding hydrogens is 328 g/mol. The van der Waals surface area contributed by atoms with Crippen molar-refractivity contribution in [3.8, 4) is 11.4 Å². The number of anilines is 1. The number of aryl methyl sites for hydroxylation is 1. The third-order valence-corrected chi connectivity index (χ3v) is 4.02. The minimum Gasteiger partial charge on any atom is -0.497 e. The van der Waals surface area contributed by atoms with E-state index in [1.54, 1.807) is 38.3 Å². The molecule has 122 valence electrons. The van der Waals surface area contributed by atoms with Gasteiger partial charge >= 0.3 is 0 Å². The van der Waals surface area contributed by atoms with Crippen LogP contribution >= 0.6 is 11.3 Å². The van der Waals surface area contributed by atoms with Crippen molar-refractivity contribution < 1.29 is 9.53 Å². The Hall–Kier alpha value is -3.00. The number of ether oxygens (including phenoxy) is 1. The number of hydrogen-bond donors (Lipinski definition) is 1. The summed E-state index contributed by atoms with van der Waals surface area (Å²) in [5, 5.41) is 11.5. The minimum absolute atomic E-state index is 0.233. The number of amides is 1. The summed E-state index contributed by atoms with van der Waals surface area (Å²) < 4.78 is 6.50. The monoisotopic (exact) mass is 342 g/mol. The van der Waals surface area contributed by atoms with Gasteiger partial charge in [-0.25, -0.2) is 0 Å². The van der Waals surface area contributed by atoms with Crippen LogP contribution in [0.3, 0.4) is 0 Å². The van der Waals surface area contributed by atoms with Crippen molar-refractivity contribution in [2.75, 3.05) is 12.4 Å². The Bertz CT molecular complexity index is 931. The zero-order valence-electron chi connectivity index (χ0n) is 13.0. The number of carbonyl (C=O) groups excluding carboxylic acids is 1. The highest BCUT2D eigenvalue weighted by Gasteiger charge is 2.11. The van der Waals surface area contributed by atoms with E-state index < -0.39 is 0 Å². The Labute approximate surface area is 141 Å². The van der Waals surface area contributed by atoms with Gasteiger partial charge in [0.25, 0.3) is 11.5 Å². The van der Waals surface area contributed by atoms with E-state index in [0.29, 0.717) is 22.1 Å². The Balaban J connectivity index is 1.90. The molecule has 3 aromatic rings. The van der Waals surface area contributed by atoms with Crippen LogP contribution in [0.25, 0.3) is 5.69 Å². The van der Waals surface area contributed by atoms with Crippen molar-refractivity contribution in [2.45, 2.75) is 6.92 Å². The van der Waals surface area contributed by atoms with Crippen molar-refractivity contribution in [1.82, 2.24) is 14.8 Å². The van der Waals surface area contributed by atoms with Gasteiger partial charge in [0.05, 0.1) is 12.7 Å². The van der Waals surface area contributed by atoms with E-state index in [9.17, 15) is 9.59 Å². The molecule has 7 nitrogen and oxygen atoms in total. The fourth-order valence-electron chi connectivity index (χ4n) is 2.08. The highest BCUT2D eigenvalue weighted by molar-refractivity contribution is 7.15. The predicted molar refractivity (Wildman–Crippen MR) is 91.2 cm³/mol. The molecule has 3 rings (SSSR count). The maximum absolute atomic E-state index is 12.3. The zero-order valence-corrected chi connectivity index (χ0v) is 13.8. The molecule has 1 amide bonds. The summed E-state index contributed by atoms with van der Waals surface area (Å²) in [6.45, 7) is 1.80. The molecule has 1 N–H and O–H groups in total. The smallest absolute Gasteiger partial charge is 0.258 e. The number of methoxy groups -OCH3 is 1. The largest absolute Gasteiger partial charge is 0.497 e. The van der Waals surface area contributed by atoms with E-state index in [-0.39, 0.29) is 11.5 Å². The summed E-state index contributed by atoms with van der Waals surface area (Å²) in [5.41, 5.74) is 0.754. The van der Waals surface area contributed by atoms with Crippen LogP contribution < -0.4 is 15.6 Å². The first-order valence-electron chi connectivity index (χ1n) is 7.05. The van der Waals surface area contributed by atoms with Gasteiger partial charge in [0.15, 0.2) is 0 Å². The molecule has 2 aromatic heterocycles. The number of carbonyl (C=O) groups is 1. The molecule has 0 aliphatic rings. The van der Waals surface area contributed by atoms with Crippen LogP contribution in [-0.2, 0) is 0 Å². The molecule has 0 saturated heterocycles. The van der Waals surface area contributed by atoms with E-state index in [4.69, 9.17) is 4.74 Å². The van der Waals surface area contributed by atoms with Gasteiger partial charge in [0.2, 0.25) is 5.13 Å². The molecule has 0 unspecified atom stereocenters. The molecule has 24 heavy (non-hydrogen) atoms. The topological polar surface area (TPSA) is 86.1 Å². The van der Waals surface area contributed by atoms with Crippen molar-refractivity contribution in [3.63, 3.8) is 0 Å². The lowest BCUT2D eigenvalue weighted by Gasteiger charge is -2.09. The zero-order chi connectivity index (χ0) is 17.1. The van der Waals surface area contributed by atoms with Gasteiger partial charge in [-0.15, -0.1) is 10.2 Å². The highest BCUT2D eigenvalue weighted by atomic mass is 32.1. The summed E-state index contributed by atoms with van der Waals surface area (Å²) in [6.07, 6.45) is 1.49. The normalized spacial score (nSPS) is 10.4. The number of hydrogen-bond acceptors (Lipinski definition) is 6. The first kappa shape index (κ1) is 15.9. The van der Waals surface area contributed by atoms with E-state index in [1.165, 1.54) is 34.2 Å². The summed E-state index contributed by atoms with van der Waals surface area (Å²) in [4.78, 5) is 24.4. The van der Waals surface area contributed by atoms with Crippen LogP contribution in [0.15, 0.2) is 47.4 Å². The summed E-state index contributed by atoms with van der Waals surface area (Å²) in [6, 6.07) is 9.82. The summed E-state index contributed by atoms with van der Waals surface area (Å²) >= 11 is 1.28. The third kappa shape index (κ3) is 3.33. The molecule has 0 bridgehead atoms. The van der Waals surface area contributed by atoms with E-state index in [1.807, 2.05) is 0 Å². The number of benzene rings is 1. The average molecular weight is 342 g/mol. The molecule has 1 aromatic carbocycles. The minimum atomic E-state index is -0.353. The fourth-order valence-corrected chi connectivity index (χ4v) is 2.67. The number of rotatable bonds is 4. The van der Waals surface area contributed by atoms with Gasteiger partial charge in [-0.3, -0.25) is 19.5 Å². The Morgan fingerprint density at radius 3 is 2.54 bits per heavy atom. The molecule has 8 heteroatoms. The molecule has 0 fully saturated rings. The molecule has 0 radical (unpaired) electrons. The van der Waals surface area contributed by atoms with Crippen LogP contribution in [0.2, 0.25) is 0 Å². The number of nitrogens with one attached hydrogen (secondary N) is 1. The van der Waals surface area contributed by atoms with Gasteiger partial charge < -0.3 is 4.74 Å². The standard InChI is InChI=1S/C16H14N4O3S/c1-10-18-19-16(24-10)17-15(22)11-3-8-14(21)20(9-11)12-4-6-13(23-2)7-5-12/h3-9H,1-2H3,(H,17,19,22). The lowest BCUT2D eigenvalue weighted by molar-refractivity contribution is 0.102.